The van der Waals surface area contributed by atoms with E-state index in [2.05, 4.69) is 35.1 Å². The molecule has 21 heavy (non-hydrogen) atoms. The minimum absolute atomic E-state index is 0.586. The van der Waals surface area contributed by atoms with Gasteiger partial charge in [0, 0.05) is 32.0 Å². The fourth-order valence-electron chi connectivity index (χ4n) is 1.93. The van der Waals surface area contributed by atoms with Crippen molar-refractivity contribution in [3.05, 3.63) is 12.4 Å². The predicted octanol–water partition coefficient (Wildman–Crippen LogP) is 1.01. The van der Waals surface area contributed by atoms with Gasteiger partial charge in [-0.1, -0.05) is 0 Å². The zero-order chi connectivity index (χ0) is 14.5. The van der Waals surface area contributed by atoms with E-state index in [4.69, 9.17) is 4.74 Å². The van der Waals surface area contributed by atoms with E-state index in [-0.39, 0.29) is 0 Å². The van der Waals surface area contributed by atoms with Crippen LogP contribution in [0.25, 0.3) is 0 Å². The lowest BCUT2D eigenvalue weighted by Crippen LogP contribution is -2.37. The van der Waals surface area contributed by atoms with E-state index < -0.39 is 0 Å². The Hall–Kier alpha value is -1.87. The molecule has 1 aliphatic rings. The van der Waals surface area contributed by atoms with Gasteiger partial charge in [0.25, 0.3) is 0 Å². The molecule has 1 saturated heterocycles. The highest BCUT2D eigenvalue weighted by molar-refractivity contribution is 7.99. The Balaban J connectivity index is 1.85. The molecule has 3 heterocycles. The molecule has 0 atom stereocenters. The van der Waals surface area contributed by atoms with Crippen molar-refractivity contribution in [1.82, 2.24) is 24.9 Å². The van der Waals surface area contributed by atoms with Crippen LogP contribution in [0, 0.1) is 0 Å². The molecule has 0 spiro atoms. The molecular weight excluding hydrogens is 290 g/mol. The average molecular weight is 307 g/mol. The first-order valence-electron chi connectivity index (χ1n) is 6.85. The highest BCUT2D eigenvalue weighted by Gasteiger charge is 2.17. The van der Waals surface area contributed by atoms with Crippen LogP contribution in [-0.4, -0.2) is 57.8 Å². The molecule has 0 aromatic carbocycles. The molecule has 3 rings (SSSR count). The Morgan fingerprint density at radius 2 is 2.19 bits per heavy atom. The number of aromatic amines is 1. The van der Waals surface area contributed by atoms with Crippen molar-refractivity contribution in [1.29, 1.82) is 0 Å². The van der Waals surface area contributed by atoms with E-state index in [0.29, 0.717) is 30.3 Å². The molecule has 1 aliphatic heterocycles. The molecule has 0 radical (unpaired) electrons. The third-order valence-electron chi connectivity index (χ3n) is 2.89. The fraction of sp³-hybridized carbons (Fsp3) is 0.500. The number of aromatic nitrogens is 5. The van der Waals surface area contributed by atoms with E-state index in [1.165, 1.54) is 11.8 Å². The first-order valence-corrected chi connectivity index (χ1v) is 7.66. The minimum atomic E-state index is 0.586. The fourth-order valence-corrected chi connectivity index (χ4v) is 2.60. The standard InChI is InChI=1S/C12H17N7OS/c1-2-13-9-16-10(19-5-7-20-8-6-19)18-12(17-9)21-11-14-3-4-15-11/h3-4H,2,5-8H2,1H3,(H,14,15)(H,13,16,17,18). The molecule has 0 amide bonds. The number of morpholine rings is 1. The van der Waals surface area contributed by atoms with Gasteiger partial charge in [-0.3, -0.25) is 0 Å². The van der Waals surface area contributed by atoms with Crippen molar-refractivity contribution in [2.45, 2.75) is 17.2 Å². The maximum Gasteiger partial charge on any atom is 0.231 e. The Bertz CT molecular complexity index is 571. The SMILES string of the molecule is CCNc1nc(Sc2ncc[nH]2)nc(N2CCOCC2)n1. The molecule has 8 nitrogen and oxygen atoms in total. The molecule has 2 aromatic heterocycles. The van der Waals surface area contributed by atoms with Crippen molar-refractivity contribution < 1.29 is 4.74 Å². The van der Waals surface area contributed by atoms with Gasteiger partial charge in [-0.2, -0.15) is 15.0 Å². The first-order chi connectivity index (χ1) is 10.3. The Labute approximate surface area is 126 Å². The summed E-state index contributed by atoms with van der Waals surface area (Å²) in [5.74, 6) is 1.27. The number of imidazole rings is 1. The van der Waals surface area contributed by atoms with Crippen molar-refractivity contribution in [2.24, 2.45) is 0 Å². The Kier molecular flexibility index (Phi) is 4.51. The van der Waals surface area contributed by atoms with Gasteiger partial charge in [-0.25, -0.2) is 4.98 Å². The largest absolute Gasteiger partial charge is 0.378 e. The number of rotatable bonds is 5. The summed E-state index contributed by atoms with van der Waals surface area (Å²) in [5.41, 5.74) is 0. The normalized spacial score (nSPS) is 15.2. The number of hydrogen-bond acceptors (Lipinski definition) is 8. The van der Waals surface area contributed by atoms with Gasteiger partial charge in [-0.15, -0.1) is 0 Å². The van der Waals surface area contributed by atoms with Gasteiger partial charge < -0.3 is 19.9 Å². The topological polar surface area (TPSA) is 91.9 Å². The summed E-state index contributed by atoms with van der Waals surface area (Å²) >= 11 is 1.39. The second-order valence-electron chi connectivity index (χ2n) is 4.37. The first kappa shape index (κ1) is 14.1. The third kappa shape index (κ3) is 3.61. The number of nitrogens with one attached hydrogen (secondary N) is 2. The quantitative estimate of drug-likeness (QED) is 0.846. The van der Waals surface area contributed by atoms with Crippen LogP contribution in [0.15, 0.2) is 22.7 Å². The van der Waals surface area contributed by atoms with E-state index in [1.807, 2.05) is 6.92 Å². The van der Waals surface area contributed by atoms with Crippen molar-refractivity contribution in [2.75, 3.05) is 43.1 Å². The predicted molar refractivity (Wildman–Crippen MR) is 79.7 cm³/mol. The van der Waals surface area contributed by atoms with Gasteiger partial charge in [0.15, 0.2) is 5.16 Å². The number of hydrogen-bond donors (Lipinski definition) is 2. The maximum atomic E-state index is 5.37. The summed E-state index contributed by atoms with van der Waals surface area (Å²) in [4.78, 5) is 22.7. The third-order valence-corrected chi connectivity index (χ3v) is 3.67. The molecular formula is C12H17N7OS. The highest BCUT2D eigenvalue weighted by Crippen LogP contribution is 2.23. The van der Waals surface area contributed by atoms with Crippen LogP contribution in [0.4, 0.5) is 11.9 Å². The van der Waals surface area contributed by atoms with Crippen molar-refractivity contribution >= 4 is 23.7 Å². The zero-order valence-corrected chi connectivity index (χ0v) is 12.6. The summed E-state index contributed by atoms with van der Waals surface area (Å²) < 4.78 is 5.37. The second-order valence-corrected chi connectivity index (χ2v) is 5.32. The average Bonchev–Trinajstić information content (AvgIpc) is 3.01. The van der Waals surface area contributed by atoms with Crippen LogP contribution in [0.2, 0.25) is 0 Å². The van der Waals surface area contributed by atoms with E-state index in [1.54, 1.807) is 12.4 Å². The molecule has 1 fully saturated rings. The van der Waals surface area contributed by atoms with Crippen LogP contribution in [0.3, 0.4) is 0 Å². The summed E-state index contributed by atoms with van der Waals surface area (Å²) in [7, 11) is 0. The molecule has 2 N–H and O–H groups in total. The summed E-state index contributed by atoms with van der Waals surface area (Å²) in [6.07, 6.45) is 3.48. The Morgan fingerprint density at radius 1 is 1.33 bits per heavy atom. The monoisotopic (exact) mass is 307 g/mol. The van der Waals surface area contributed by atoms with E-state index in [0.717, 1.165) is 24.8 Å². The van der Waals surface area contributed by atoms with Crippen LogP contribution in [0.1, 0.15) is 6.92 Å². The molecule has 0 saturated carbocycles. The lowest BCUT2D eigenvalue weighted by molar-refractivity contribution is 0.122. The van der Waals surface area contributed by atoms with Gasteiger partial charge >= 0.3 is 0 Å². The van der Waals surface area contributed by atoms with Crippen LogP contribution in [-0.2, 0) is 4.74 Å². The maximum absolute atomic E-state index is 5.37. The molecule has 0 bridgehead atoms. The smallest absolute Gasteiger partial charge is 0.231 e. The summed E-state index contributed by atoms with van der Waals surface area (Å²) in [6.45, 7) is 5.75. The van der Waals surface area contributed by atoms with E-state index in [9.17, 15) is 0 Å². The summed E-state index contributed by atoms with van der Waals surface area (Å²) in [6, 6.07) is 0. The van der Waals surface area contributed by atoms with Gasteiger partial charge in [0.05, 0.1) is 13.2 Å². The molecule has 2 aromatic rings. The molecule has 112 valence electrons. The second kappa shape index (κ2) is 6.72. The van der Waals surface area contributed by atoms with Crippen molar-refractivity contribution in [3.8, 4) is 0 Å². The molecule has 0 unspecified atom stereocenters. The molecule has 0 aliphatic carbocycles. The van der Waals surface area contributed by atoms with E-state index >= 15 is 0 Å². The van der Waals surface area contributed by atoms with Gasteiger partial charge in [0.1, 0.15) is 0 Å². The van der Waals surface area contributed by atoms with Crippen LogP contribution >= 0.6 is 11.8 Å². The van der Waals surface area contributed by atoms with Crippen LogP contribution < -0.4 is 10.2 Å². The highest BCUT2D eigenvalue weighted by atomic mass is 32.2. The summed E-state index contributed by atoms with van der Waals surface area (Å²) in [5, 5.41) is 4.53. The number of nitrogens with zero attached hydrogens (tertiary/aromatic N) is 5. The number of ether oxygens (including phenoxy) is 1. The lowest BCUT2D eigenvalue weighted by Gasteiger charge is -2.27. The lowest BCUT2D eigenvalue weighted by atomic mass is 10.4. The molecule has 9 heteroatoms. The van der Waals surface area contributed by atoms with Gasteiger partial charge in [0.2, 0.25) is 17.1 Å². The minimum Gasteiger partial charge on any atom is -0.378 e. The number of anilines is 2. The van der Waals surface area contributed by atoms with Crippen molar-refractivity contribution in [3.63, 3.8) is 0 Å². The van der Waals surface area contributed by atoms with Crippen LogP contribution in [0.5, 0.6) is 0 Å². The number of H-pyrrole nitrogens is 1. The Morgan fingerprint density at radius 3 is 2.90 bits per heavy atom. The zero-order valence-electron chi connectivity index (χ0n) is 11.7. The van der Waals surface area contributed by atoms with Gasteiger partial charge in [-0.05, 0) is 18.7 Å².